The third-order valence-electron chi connectivity index (χ3n) is 3.46. The molecule has 5 heteroatoms. The van der Waals surface area contributed by atoms with Crippen LogP contribution < -0.4 is 5.32 Å². The lowest BCUT2D eigenvalue weighted by Gasteiger charge is -2.22. The molecule has 3 nitrogen and oxygen atoms in total. The Hall–Kier alpha value is -1.13. The van der Waals surface area contributed by atoms with Gasteiger partial charge in [-0.25, -0.2) is 4.39 Å². The number of halogens is 2. The van der Waals surface area contributed by atoms with Gasteiger partial charge in [0.1, 0.15) is 5.82 Å². The van der Waals surface area contributed by atoms with Gasteiger partial charge in [-0.05, 0) is 37.8 Å². The molecule has 1 aliphatic rings. The fourth-order valence-electron chi connectivity index (χ4n) is 2.33. The Morgan fingerprint density at radius 3 is 3.00 bits per heavy atom. The Labute approximate surface area is 123 Å². The average Bonchev–Trinajstić information content (AvgIpc) is 2.44. The van der Waals surface area contributed by atoms with Crippen molar-refractivity contribution in [3.8, 4) is 0 Å². The minimum atomic E-state index is -0.441. The van der Waals surface area contributed by atoms with Crippen molar-refractivity contribution >= 4 is 17.5 Å². The number of nitrogens with one attached hydrogen (secondary N) is 1. The van der Waals surface area contributed by atoms with E-state index in [1.54, 1.807) is 6.07 Å². The summed E-state index contributed by atoms with van der Waals surface area (Å²) in [6.07, 6.45) is 4.36. The number of amides is 1. The second-order valence-electron chi connectivity index (χ2n) is 5.00. The highest BCUT2D eigenvalue weighted by atomic mass is 35.5. The minimum absolute atomic E-state index is 0.0307. The number of hydrogen-bond donors (Lipinski definition) is 1. The van der Waals surface area contributed by atoms with Gasteiger partial charge >= 0.3 is 0 Å². The highest BCUT2D eigenvalue weighted by Crippen LogP contribution is 2.19. The molecule has 0 saturated carbocycles. The second kappa shape index (κ2) is 7.60. The summed E-state index contributed by atoms with van der Waals surface area (Å²) in [6, 6.07) is 4.42. The number of carbonyl (C=O) groups excluding carboxylic acids is 1. The Balaban J connectivity index is 1.75. The van der Waals surface area contributed by atoms with Crippen LogP contribution >= 0.6 is 11.6 Å². The zero-order valence-electron chi connectivity index (χ0n) is 11.3. The summed E-state index contributed by atoms with van der Waals surface area (Å²) in [5.74, 6) is -0.656. The van der Waals surface area contributed by atoms with Crippen molar-refractivity contribution in [3.05, 3.63) is 34.6 Å². The van der Waals surface area contributed by atoms with Crippen LogP contribution in [0.15, 0.2) is 18.2 Å². The van der Waals surface area contributed by atoms with Gasteiger partial charge in [-0.3, -0.25) is 4.79 Å². The van der Waals surface area contributed by atoms with Crippen molar-refractivity contribution < 1.29 is 13.9 Å². The van der Waals surface area contributed by atoms with Crippen LogP contribution in [0.3, 0.4) is 0 Å². The summed E-state index contributed by atoms with van der Waals surface area (Å²) in [7, 11) is 0. The minimum Gasteiger partial charge on any atom is -0.378 e. The highest BCUT2D eigenvalue weighted by Gasteiger charge is 2.15. The molecule has 0 aromatic heterocycles. The van der Waals surface area contributed by atoms with E-state index < -0.39 is 5.82 Å². The van der Waals surface area contributed by atoms with Crippen LogP contribution in [0, 0.1) is 5.82 Å². The van der Waals surface area contributed by atoms with Crippen LogP contribution in [0.4, 0.5) is 4.39 Å². The maximum absolute atomic E-state index is 13.5. The first-order valence-electron chi connectivity index (χ1n) is 6.98. The first kappa shape index (κ1) is 15.3. The average molecular weight is 300 g/mol. The van der Waals surface area contributed by atoms with E-state index in [4.69, 9.17) is 16.3 Å². The summed E-state index contributed by atoms with van der Waals surface area (Å²) >= 11 is 5.89. The quantitative estimate of drug-likeness (QED) is 0.907. The molecule has 0 aliphatic carbocycles. The Bertz CT molecular complexity index is 441. The number of carbonyl (C=O) groups is 1. The first-order valence-corrected chi connectivity index (χ1v) is 7.36. The highest BCUT2D eigenvalue weighted by molar-refractivity contribution is 6.31. The normalized spacial score (nSPS) is 18.8. The summed E-state index contributed by atoms with van der Waals surface area (Å²) in [5.41, 5.74) is 0.251. The predicted molar refractivity (Wildman–Crippen MR) is 76.3 cm³/mol. The molecule has 2 rings (SSSR count). The smallest absolute Gasteiger partial charge is 0.224 e. The summed E-state index contributed by atoms with van der Waals surface area (Å²) < 4.78 is 19.1. The molecule has 0 unspecified atom stereocenters. The van der Waals surface area contributed by atoms with Gasteiger partial charge < -0.3 is 10.1 Å². The van der Waals surface area contributed by atoms with E-state index in [0.717, 1.165) is 25.9 Å². The summed E-state index contributed by atoms with van der Waals surface area (Å²) in [6.45, 7) is 1.36. The van der Waals surface area contributed by atoms with Gasteiger partial charge in [-0.2, -0.15) is 0 Å². The third kappa shape index (κ3) is 4.46. The van der Waals surface area contributed by atoms with Crippen molar-refractivity contribution in [3.63, 3.8) is 0 Å². The Morgan fingerprint density at radius 1 is 1.45 bits per heavy atom. The lowest BCUT2D eigenvalue weighted by molar-refractivity contribution is -0.120. The molecule has 0 radical (unpaired) electrons. The monoisotopic (exact) mass is 299 g/mol. The molecule has 1 heterocycles. The maximum atomic E-state index is 13.5. The van der Waals surface area contributed by atoms with Crippen molar-refractivity contribution in [1.82, 2.24) is 5.32 Å². The number of hydrogen-bond acceptors (Lipinski definition) is 2. The number of rotatable bonds is 5. The molecule has 1 atom stereocenters. The van der Waals surface area contributed by atoms with Crippen LogP contribution in [0.2, 0.25) is 5.02 Å². The van der Waals surface area contributed by atoms with Crippen molar-refractivity contribution in [2.75, 3.05) is 13.2 Å². The molecule has 0 spiro atoms. The van der Waals surface area contributed by atoms with Crippen LogP contribution in [0.1, 0.15) is 31.2 Å². The van der Waals surface area contributed by atoms with Gasteiger partial charge in [0.25, 0.3) is 0 Å². The zero-order valence-corrected chi connectivity index (χ0v) is 12.1. The van der Waals surface area contributed by atoms with Crippen molar-refractivity contribution in [2.24, 2.45) is 0 Å². The van der Waals surface area contributed by atoms with Crippen LogP contribution in [-0.4, -0.2) is 25.2 Å². The summed E-state index contributed by atoms with van der Waals surface area (Å²) in [5, 5.41) is 3.08. The maximum Gasteiger partial charge on any atom is 0.224 e. The predicted octanol–water partition coefficient (Wildman–Crippen LogP) is 3.10. The van der Waals surface area contributed by atoms with E-state index in [0.29, 0.717) is 6.54 Å². The number of ether oxygens (including phenoxy) is 1. The van der Waals surface area contributed by atoms with E-state index in [1.807, 2.05) is 0 Å². The molecule has 1 N–H and O–H groups in total. The van der Waals surface area contributed by atoms with Crippen molar-refractivity contribution in [2.45, 2.75) is 38.2 Å². The van der Waals surface area contributed by atoms with Gasteiger partial charge in [-0.1, -0.05) is 17.7 Å². The van der Waals surface area contributed by atoms with Gasteiger partial charge in [0.05, 0.1) is 12.5 Å². The third-order valence-corrected chi connectivity index (χ3v) is 3.82. The van der Waals surface area contributed by atoms with Crippen LogP contribution in [0.25, 0.3) is 0 Å². The lowest BCUT2D eigenvalue weighted by Crippen LogP contribution is -2.30. The second-order valence-corrected chi connectivity index (χ2v) is 5.41. The molecule has 1 saturated heterocycles. The van der Waals surface area contributed by atoms with Crippen molar-refractivity contribution in [1.29, 1.82) is 0 Å². The fourth-order valence-corrected chi connectivity index (χ4v) is 2.56. The van der Waals surface area contributed by atoms with Gasteiger partial charge in [0.15, 0.2) is 0 Å². The molecular weight excluding hydrogens is 281 g/mol. The molecule has 1 amide bonds. The van der Waals surface area contributed by atoms with Gasteiger partial charge in [0, 0.05) is 23.7 Å². The molecule has 1 aliphatic heterocycles. The molecule has 1 fully saturated rings. The van der Waals surface area contributed by atoms with E-state index >= 15 is 0 Å². The Morgan fingerprint density at radius 2 is 2.30 bits per heavy atom. The van der Waals surface area contributed by atoms with E-state index in [9.17, 15) is 9.18 Å². The molecule has 1 aromatic carbocycles. The lowest BCUT2D eigenvalue weighted by atomic mass is 10.1. The standard InChI is InChI=1S/C15H19ClFNO2/c16-13-5-3-6-14(17)12(13)10-15(19)18-8-7-11-4-1-2-9-20-11/h3,5-6,11H,1-2,4,7-10H2,(H,18,19)/t11-/m1/s1. The molecular formula is C15H19ClFNO2. The van der Waals surface area contributed by atoms with Crippen LogP contribution in [-0.2, 0) is 16.0 Å². The van der Waals surface area contributed by atoms with Gasteiger partial charge in [-0.15, -0.1) is 0 Å². The van der Waals surface area contributed by atoms with E-state index in [2.05, 4.69) is 5.32 Å². The summed E-state index contributed by atoms with van der Waals surface area (Å²) in [4.78, 5) is 11.8. The zero-order chi connectivity index (χ0) is 14.4. The largest absolute Gasteiger partial charge is 0.378 e. The molecule has 20 heavy (non-hydrogen) atoms. The van der Waals surface area contributed by atoms with E-state index in [1.165, 1.54) is 18.6 Å². The van der Waals surface area contributed by atoms with E-state index in [-0.39, 0.29) is 29.0 Å². The first-order chi connectivity index (χ1) is 9.66. The molecule has 0 bridgehead atoms. The topological polar surface area (TPSA) is 38.3 Å². The molecule has 110 valence electrons. The van der Waals surface area contributed by atoms with Crippen LogP contribution in [0.5, 0.6) is 0 Å². The number of benzene rings is 1. The SMILES string of the molecule is O=C(Cc1c(F)cccc1Cl)NCC[C@H]1CCCCO1. The van der Waals surface area contributed by atoms with Gasteiger partial charge in [0.2, 0.25) is 5.91 Å². The molecule has 1 aromatic rings. The Kier molecular flexibility index (Phi) is 5.80. The fraction of sp³-hybridized carbons (Fsp3) is 0.533.